The lowest BCUT2D eigenvalue weighted by atomic mass is 10.1. The minimum Gasteiger partial charge on any atom is -0.487 e. The average molecular weight is 1530 g/mol. The second-order valence-corrected chi connectivity index (χ2v) is 23.9. The van der Waals surface area contributed by atoms with Crippen LogP contribution in [0.15, 0.2) is 219 Å². The van der Waals surface area contributed by atoms with Gasteiger partial charge >= 0.3 is 13.2 Å². The molecule has 576 valence electrons. The number of benzene rings is 6. The molecule has 6 aromatic carbocycles. The predicted molar refractivity (Wildman–Crippen MR) is 415 cm³/mol. The van der Waals surface area contributed by atoms with Gasteiger partial charge in [0, 0.05) is 84.0 Å². The van der Waals surface area contributed by atoms with Crippen LogP contribution in [0.3, 0.4) is 0 Å². The maximum atomic E-state index is 12.7. The molecule has 0 aliphatic carbocycles. The van der Waals surface area contributed by atoms with Crippen molar-refractivity contribution in [3.8, 4) is 46.3 Å². The van der Waals surface area contributed by atoms with Gasteiger partial charge in [0.15, 0.2) is 46.3 Å². The number of aromatic nitrogens is 18. The first-order valence-corrected chi connectivity index (χ1v) is 34.3. The van der Waals surface area contributed by atoms with E-state index in [1.807, 2.05) is 109 Å². The molecule has 0 aliphatic heterocycles. The van der Waals surface area contributed by atoms with Crippen molar-refractivity contribution in [2.24, 2.45) is 0 Å². The largest absolute Gasteiger partial charge is 0.487 e. The SMILES string of the molecule is CC(C)Oc1ccc(Nc2nc(N)n(-c3ccccn3)n2)cc1OC(F)F.CC(C)Oc1ccc(Nc2nc(N)n(-c3ccccn3)n2)cc1OC(F)F.Nc1nc(Nc2ccc(CCO)cc2)nn1-c1cc(Nc2ccccc2)ncn1.Nc1nc(Nc2ccccc2CCO)nn1-c1cc(Nc2ccccc2)ncn1. The molecule has 8 aromatic heterocycles. The fraction of sp³-hybridized carbons (Fsp3) is 0.162. The zero-order valence-electron chi connectivity index (χ0n) is 60.3. The van der Waals surface area contributed by atoms with Crippen molar-refractivity contribution in [1.29, 1.82) is 0 Å². The van der Waals surface area contributed by atoms with E-state index in [-0.39, 0.29) is 84.1 Å². The molecule has 0 amide bonds. The number of rotatable bonds is 28. The van der Waals surface area contributed by atoms with Crippen LogP contribution in [-0.2, 0) is 12.8 Å². The van der Waals surface area contributed by atoms with Crippen molar-refractivity contribution >= 4 is 93.3 Å². The molecule has 0 saturated heterocycles. The summed E-state index contributed by atoms with van der Waals surface area (Å²) in [7, 11) is 0. The monoisotopic (exact) mass is 1530 g/mol. The van der Waals surface area contributed by atoms with Crippen molar-refractivity contribution < 1.29 is 46.7 Å². The number of alkyl halides is 4. The molecule has 0 saturated carbocycles. The number of aliphatic hydroxyl groups excluding tert-OH is 2. The number of halogens is 4. The third kappa shape index (κ3) is 22.4. The van der Waals surface area contributed by atoms with Gasteiger partial charge in [-0.05, 0) is 143 Å². The molecule has 0 atom stereocenters. The molecule has 0 fully saturated rings. The smallest absolute Gasteiger partial charge is 0.387 e. The summed E-state index contributed by atoms with van der Waals surface area (Å²) in [6.45, 7) is 1.37. The summed E-state index contributed by atoms with van der Waals surface area (Å²) in [5.41, 5.74) is 30.1. The highest BCUT2D eigenvalue weighted by Gasteiger charge is 2.20. The lowest BCUT2D eigenvalue weighted by molar-refractivity contribution is -0.0524. The van der Waals surface area contributed by atoms with E-state index in [1.165, 1.54) is 55.6 Å². The van der Waals surface area contributed by atoms with Crippen molar-refractivity contribution in [2.45, 2.75) is 66.0 Å². The average Bonchev–Trinajstić information content (AvgIpc) is 1.71. The van der Waals surface area contributed by atoms with Gasteiger partial charge in [0.05, 0.1) is 12.2 Å². The van der Waals surface area contributed by atoms with Crippen LogP contribution in [0.25, 0.3) is 23.3 Å². The quantitative estimate of drug-likeness (QED) is 0.0203. The summed E-state index contributed by atoms with van der Waals surface area (Å²) in [5.74, 6) is 5.13. The molecule has 0 aliphatic rings. The first kappa shape index (κ1) is 78.3. The zero-order valence-corrected chi connectivity index (χ0v) is 60.3. The highest BCUT2D eigenvalue weighted by atomic mass is 19.3. The Morgan fingerprint density at radius 3 is 1.13 bits per heavy atom. The minimum atomic E-state index is -2.98. The normalized spacial score (nSPS) is 10.8. The maximum absolute atomic E-state index is 12.7. The number of hydrogen-bond donors (Lipinski definition) is 12. The number of pyridine rings is 2. The van der Waals surface area contributed by atoms with E-state index in [0.29, 0.717) is 71.0 Å². The van der Waals surface area contributed by atoms with E-state index in [2.05, 4.69) is 112 Å². The van der Waals surface area contributed by atoms with Gasteiger partial charge in [-0.2, -0.15) is 56.2 Å². The summed E-state index contributed by atoms with van der Waals surface area (Å²) in [4.78, 5) is 42.0. The van der Waals surface area contributed by atoms with Crippen LogP contribution in [0.2, 0.25) is 0 Å². The molecule has 0 bridgehead atoms. The molecule has 0 spiro atoms. The maximum Gasteiger partial charge on any atom is 0.387 e. The molecule has 0 unspecified atom stereocenters. The fourth-order valence-electron chi connectivity index (χ4n) is 10.2. The zero-order chi connectivity index (χ0) is 78.9. The van der Waals surface area contributed by atoms with Crippen LogP contribution in [0.5, 0.6) is 23.0 Å². The second kappa shape index (κ2) is 38.1. The van der Waals surface area contributed by atoms with Crippen LogP contribution >= 0.6 is 0 Å². The number of anilines is 16. The van der Waals surface area contributed by atoms with Gasteiger partial charge in [0.25, 0.3) is 0 Å². The third-order valence-corrected chi connectivity index (χ3v) is 14.9. The fourth-order valence-corrected chi connectivity index (χ4v) is 10.2. The van der Waals surface area contributed by atoms with Gasteiger partial charge in [-0.3, -0.25) is 0 Å². The molecule has 38 heteroatoms. The molecule has 0 radical (unpaired) electrons. The summed E-state index contributed by atoms with van der Waals surface area (Å²) >= 11 is 0. The third-order valence-electron chi connectivity index (χ3n) is 14.9. The Bertz CT molecular complexity index is 5140. The molecule has 16 N–H and O–H groups in total. The van der Waals surface area contributed by atoms with Gasteiger partial charge in [-0.25, -0.2) is 29.9 Å². The molecule has 34 nitrogen and oxygen atoms in total. The van der Waals surface area contributed by atoms with E-state index < -0.39 is 13.2 Å². The Hall–Kier alpha value is -14.8. The molecular formula is C74H76F4N28O6. The van der Waals surface area contributed by atoms with E-state index in [0.717, 1.165) is 33.9 Å². The van der Waals surface area contributed by atoms with Crippen LogP contribution in [0, 0.1) is 0 Å². The summed E-state index contributed by atoms with van der Waals surface area (Å²) in [5, 5.41) is 54.0. The molecule has 8 heterocycles. The van der Waals surface area contributed by atoms with Gasteiger partial charge < -0.3 is 84.0 Å². The number of nitrogens with two attached hydrogens (primary N) is 4. The number of nitrogens with zero attached hydrogens (tertiary/aromatic N) is 18. The molecule has 14 aromatic rings. The minimum absolute atomic E-state index is 0.0564. The van der Waals surface area contributed by atoms with Gasteiger partial charge in [0.1, 0.15) is 24.3 Å². The van der Waals surface area contributed by atoms with Gasteiger partial charge in [-0.15, -0.1) is 20.4 Å². The van der Waals surface area contributed by atoms with E-state index in [1.54, 1.807) is 101 Å². The number of hydrogen-bond acceptors (Lipinski definition) is 30. The Balaban J connectivity index is 0.000000148. The summed E-state index contributed by atoms with van der Waals surface area (Å²) in [6, 6.07) is 57.8. The number of para-hydroxylation sites is 3. The first-order valence-electron chi connectivity index (χ1n) is 34.3. The molecule has 14 rings (SSSR count). The van der Waals surface area contributed by atoms with Gasteiger partial charge in [0.2, 0.25) is 47.6 Å². The topological polar surface area (TPSA) is 454 Å². The predicted octanol–water partition coefficient (Wildman–Crippen LogP) is 12.1. The Kier molecular flexibility index (Phi) is 26.6. The van der Waals surface area contributed by atoms with E-state index >= 15 is 0 Å². The highest BCUT2D eigenvalue weighted by molar-refractivity contribution is 5.65. The van der Waals surface area contributed by atoms with Crippen LogP contribution in [-0.4, -0.2) is 138 Å². The highest BCUT2D eigenvalue weighted by Crippen LogP contribution is 2.36. The van der Waals surface area contributed by atoms with Crippen LogP contribution in [0.4, 0.5) is 111 Å². The molecule has 112 heavy (non-hydrogen) atoms. The number of nitrogen functional groups attached to an aromatic ring is 4. The van der Waals surface area contributed by atoms with E-state index in [9.17, 15) is 22.7 Å². The summed E-state index contributed by atoms with van der Waals surface area (Å²) in [6.07, 6.45) is 6.84. The Labute approximate surface area is 637 Å². The van der Waals surface area contributed by atoms with Crippen molar-refractivity contribution in [2.75, 3.05) is 68.0 Å². The Morgan fingerprint density at radius 1 is 0.357 bits per heavy atom. The number of nitrogens with one attached hydrogen (secondary N) is 6. The lowest BCUT2D eigenvalue weighted by Gasteiger charge is -2.15. The molecular weight excluding hydrogens is 1450 g/mol. The number of ether oxygens (including phenoxy) is 4. The van der Waals surface area contributed by atoms with Gasteiger partial charge in [-0.1, -0.05) is 78.9 Å². The second-order valence-electron chi connectivity index (χ2n) is 23.9. The standard InChI is InChI=1S/2C20H20N8O.2C17H18F2N6O2/c21-19-26-20(25-16-9-5-4-6-14(16)10-11-29)27-28(19)18-12-17(22-13-23-18)24-15-7-2-1-3-8-15;21-19-26-20(25-16-8-6-14(7-9-16)10-11-29)27-28(19)18-12-17(22-13-23-18)24-15-4-2-1-3-5-15;2*1-10(2)26-12-7-6-11(9-13(12)27-15(18)19)22-17-23-16(20)25(24-17)14-5-3-4-8-21-14/h2*1-9,12-13,29H,10-11H2,(H,22,23,24)(H3,21,25,26,27);2*3-10,15H,1-2H3,(H3,20,22,23,24). The lowest BCUT2D eigenvalue weighted by Crippen LogP contribution is -2.09. The first-order chi connectivity index (χ1) is 54.3. The van der Waals surface area contributed by atoms with Crippen LogP contribution < -0.4 is 73.8 Å². The van der Waals surface area contributed by atoms with Crippen molar-refractivity contribution in [3.05, 3.63) is 230 Å². The number of aliphatic hydroxyl groups is 2. The van der Waals surface area contributed by atoms with E-state index in [4.69, 9.17) is 37.5 Å². The summed E-state index contributed by atoms with van der Waals surface area (Å²) < 4.78 is 76.4. The van der Waals surface area contributed by atoms with Crippen LogP contribution in [0.1, 0.15) is 38.8 Å². The Morgan fingerprint density at radius 2 is 0.732 bits per heavy atom. The van der Waals surface area contributed by atoms with Crippen molar-refractivity contribution in [1.82, 2.24) is 89.0 Å². The van der Waals surface area contributed by atoms with Crippen molar-refractivity contribution in [3.63, 3.8) is 0 Å².